The Bertz CT molecular complexity index is 660. The van der Waals surface area contributed by atoms with Gasteiger partial charge in [0.1, 0.15) is 0 Å². The van der Waals surface area contributed by atoms with Crippen LogP contribution in [0.5, 0.6) is 0 Å². The van der Waals surface area contributed by atoms with Crippen molar-refractivity contribution in [3.8, 4) is 0 Å². The summed E-state index contributed by atoms with van der Waals surface area (Å²) in [5.41, 5.74) is 1.91. The summed E-state index contributed by atoms with van der Waals surface area (Å²) < 4.78 is 1.04. The van der Waals surface area contributed by atoms with Gasteiger partial charge in [-0.1, -0.05) is 34.5 Å². The quantitative estimate of drug-likeness (QED) is 0.633. The van der Waals surface area contributed by atoms with Crippen molar-refractivity contribution in [1.82, 2.24) is 0 Å². The molecule has 0 aliphatic rings. The third kappa shape index (κ3) is 4.77. The molecule has 116 valence electrons. The predicted molar refractivity (Wildman–Crippen MR) is 98.9 cm³/mol. The summed E-state index contributed by atoms with van der Waals surface area (Å²) in [6, 6.07) is 13.4. The smallest absolute Gasteiger partial charge is 0.237 e. The van der Waals surface area contributed by atoms with E-state index in [1.807, 2.05) is 56.3 Å². The number of aryl methyl sites for hydroxylation is 1. The minimum absolute atomic E-state index is 0.0178. The molecule has 2 aromatic rings. The van der Waals surface area contributed by atoms with Crippen LogP contribution in [0.1, 0.15) is 18.9 Å². The average Bonchev–Trinajstić information content (AvgIpc) is 2.50. The van der Waals surface area contributed by atoms with E-state index in [2.05, 4.69) is 21.2 Å². The highest BCUT2D eigenvalue weighted by Gasteiger charge is 2.18. The summed E-state index contributed by atoms with van der Waals surface area (Å²) in [7, 11) is 0. The largest absolute Gasteiger partial charge is 0.325 e. The van der Waals surface area contributed by atoms with Gasteiger partial charge in [-0.05, 0) is 61.4 Å². The molecule has 5 heteroatoms. The van der Waals surface area contributed by atoms with Crippen molar-refractivity contribution < 1.29 is 4.79 Å². The van der Waals surface area contributed by atoms with E-state index in [0.29, 0.717) is 5.02 Å². The Morgan fingerprint density at radius 1 is 1.27 bits per heavy atom. The maximum atomic E-state index is 12.4. The number of hydrogen-bond donors (Lipinski definition) is 1. The molecule has 0 unspecified atom stereocenters. The van der Waals surface area contributed by atoms with Crippen molar-refractivity contribution in [2.24, 2.45) is 0 Å². The van der Waals surface area contributed by atoms with Crippen LogP contribution >= 0.6 is 39.3 Å². The Morgan fingerprint density at radius 2 is 1.95 bits per heavy atom. The van der Waals surface area contributed by atoms with E-state index in [1.165, 1.54) is 0 Å². The van der Waals surface area contributed by atoms with Crippen LogP contribution in [-0.2, 0) is 4.79 Å². The standard InChI is InChI=1S/C17H17BrClNOS/c1-3-16(22-14-7-4-12(19)5-8-14)17(21)20-13-6-9-15(18)11(2)10-13/h4-10,16H,3H2,1-2H3,(H,20,21)/t16-/m0/s1. The zero-order chi connectivity index (χ0) is 16.1. The first-order chi connectivity index (χ1) is 10.5. The van der Waals surface area contributed by atoms with Crippen LogP contribution in [0.4, 0.5) is 5.69 Å². The van der Waals surface area contributed by atoms with Gasteiger partial charge in [0.25, 0.3) is 0 Å². The molecule has 0 aromatic heterocycles. The van der Waals surface area contributed by atoms with E-state index in [0.717, 1.165) is 27.0 Å². The van der Waals surface area contributed by atoms with Crippen LogP contribution in [0, 0.1) is 6.92 Å². The molecule has 2 nitrogen and oxygen atoms in total. The summed E-state index contributed by atoms with van der Waals surface area (Å²) in [5.74, 6) is 0.0178. The van der Waals surface area contributed by atoms with Gasteiger partial charge in [0, 0.05) is 20.1 Å². The minimum atomic E-state index is -0.134. The summed E-state index contributed by atoms with van der Waals surface area (Å²) in [5, 5.41) is 3.55. The van der Waals surface area contributed by atoms with Gasteiger partial charge in [-0.25, -0.2) is 0 Å². The van der Waals surface area contributed by atoms with E-state index in [9.17, 15) is 4.79 Å². The van der Waals surface area contributed by atoms with Crippen LogP contribution < -0.4 is 5.32 Å². The number of carbonyl (C=O) groups is 1. The number of rotatable bonds is 5. The molecule has 0 bridgehead atoms. The van der Waals surface area contributed by atoms with Gasteiger partial charge in [-0.2, -0.15) is 0 Å². The van der Waals surface area contributed by atoms with Crippen LogP contribution in [-0.4, -0.2) is 11.2 Å². The Kier molecular flexibility index (Phi) is 6.36. The summed E-state index contributed by atoms with van der Waals surface area (Å²) >= 11 is 10.9. The van der Waals surface area contributed by atoms with Gasteiger partial charge >= 0.3 is 0 Å². The fourth-order valence-electron chi connectivity index (χ4n) is 1.94. The van der Waals surface area contributed by atoms with E-state index in [4.69, 9.17) is 11.6 Å². The number of thioether (sulfide) groups is 1. The van der Waals surface area contributed by atoms with Crippen molar-refractivity contribution >= 4 is 50.9 Å². The second-order valence-corrected chi connectivity index (χ2v) is 7.49. The monoisotopic (exact) mass is 397 g/mol. The van der Waals surface area contributed by atoms with Gasteiger partial charge in [-0.3, -0.25) is 4.79 Å². The van der Waals surface area contributed by atoms with Crippen molar-refractivity contribution in [3.63, 3.8) is 0 Å². The lowest BCUT2D eigenvalue weighted by molar-refractivity contribution is -0.115. The Morgan fingerprint density at radius 3 is 2.55 bits per heavy atom. The molecule has 0 aliphatic carbocycles. The van der Waals surface area contributed by atoms with Gasteiger partial charge in [0.2, 0.25) is 5.91 Å². The number of nitrogens with one attached hydrogen (secondary N) is 1. The molecule has 22 heavy (non-hydrogen) atoms. The number of halogens is 2. The fourth-order valence-corrected chi connectivity index (χ4v) is 3.27. The molecule has 0 spiro atoms. The van der Waals surface area contributed by atoms with Crippen LogP contribution in [0.2, 0.25) is 5.02 Å². The molecular weight excluding hydrogens is 382 g/mol. The molecule has 0 radical (unpaired) electrons. The van der Waals surface area contributed by atoms with Gasteiger partial charge in [-0.15, -0.1) is 11.8 Å². The predicted octanol–water partition coefficient (Wildman–Crippen LogP) is 5.92. The lowest BCUT2D eigenvalue weighted by atomic mass is 10.2. The van der Waals surface area contributed by atoms with Gasteiger partial charge in [0.15, 0.2) is 0 Å². The molecule has 1 atom stereocenters. The van der Waals surface area contributed by atoms with Crippen LogP contribution in [0.3, 0.4) is 0 Å². The number of carbonyl (C=O) groups excluding carboxylic acids is 1. The second-order valence-electron chi connectivity index (χ2n) is 4.92. The third-order valence-corrected chi connectivity index (χ3v) is 5.70. The highest BCUT2D eigenvalue weighted by molar-refractivity contribution is 9.10. The van der Waals surface area contributed by atoms with Gasteiger partial charge < -0.3 is 5.32 Å². The molecule has 0 heterocycles. The normalized spacial score (nSPS) is 12.0. The molecule has 0 saturated heterocycles. The first kappa shape index (κ1) is 17.4. The first-order valence-electron chi connectivity index (χ1n) is 6.99. The second kappa shape index (κ2) is 8.04. The molecule has 2 rings (SSSR count). The third-order valence-electron chi connectivity index (χ3n) is 3.18. The molecule has 1 amide bonds. The first-order valence-corrected chi connectivity index (χ1v) is 9.04. The molecular formula is C17H17BrClNOS. The Balaban J connectivity index is 2.04. The SMILES string of the molecule is CC[C@H](Sc1ccc(Cl)cc1)C(=O)Nc1ccc(Br)c(C)c1. The Hall–Kier alpha value is -0.970. The lowest BCUT2D eigenvalue weighted by Gasteiger charge is -2.15. The van der Waals surface area contributed by atoms with Crippen molar-refractivity contribution in [2.75, 3.05) is 5.32 Å². The molecule has 0 fully saturated rings. The maximum Gasteiger partial charge on any atom is 0.237 e. The number of hydrogen-bond acceptors (Lipinski definition) is 2. The maximum absolute atomic E-state index is 12.4. The molecule has 1 N–H and O–H groups in total. The molecule has 2 aromatic carbocycles. The van der Waals surface area contributed by atoms with E-state index in [1.54, 1.807) is 11.8 Å². The van der Waals surface area contributed by atoms with Crippen molar-refractivity contribution in [2.45, 2.75) is 30.4 Å². The van der Waals surface area contributed by atoms with Crippen LogP contribution in [0.25, 0.3) is 0 Å². The molecule has 0 saturated carbocycles. The fraction of sp³-hybridized carbons (Fsp3) is 0.235. The van der Waals surface area contributed by atoms with E-state index < -0.39 is 0 Å². The summed E-state index contributed by atoms with van der Waals surface area (Å²) in [6.45, 7) is 4.01. The number of benzene rings is 2. The number of anilines is 1. The van der Waals surface area contributed by atoms with Crippen LogP contribution in [0.15, 0.2) is 51.8 Å². The lowest BCUT2D eigenvalue weighted by Crippen LogP contribution is -2.24. The molecule has 0 aliphatic heterocycles. The van der Waals surface area contributed by atoms with Gasteiger partial charge in [0.05, 0.1) is 5.25 Å². The minimum Gasteiger partial charge on any atom is -0.325 e. The topological polar surface area (TPSA) is 29.1 Å². The van der Waals surface area contributed by atoms with Crippen molar-refractivity contribution in [3.05, 3.63) is 57.5 Å². The highest BCUT2D eigenvalue weighted by Crippen LogP contribution is 2.28. The highest BCUT2D eigenvalue weighted by atomic mass is 79.9. The number of amides is 1. The summed E-state index contributed by atoms with van der Waals surface area (Å²) in [6.07, 6.45) is 0.759. The van der Waals surface area contributed by atoms with E-state index in [-0.39, 0.29) is 11.2 Å². The zero-order valence-electron chi connectivity index (χ0n) is 12.4. The van der Waals surface area contributed by atoms with E-state index >= 15 is 0 Å². The van der Waals surface area contributed by atoms with Crippen molar-refractivity contribution in [1.29, 1.82) is 0 Å². The zero-order valence-corrected chi connectivity index (χ0v) is 15.6. The Labute approximate surface area is 148 Å². The average molecular weight is 399 g/mol. The summed E-state index contributed by atoms with van der Waals surface area (Å²) in [4.78, 5) is 13.5.